The molecular weight excluding hydrogens is 425 g/mol. The quantitative estimate of drug-likeness (QED) is 0.640. The van der Waals surface area contributed by atoms with Gasteiger partial charge in [-0.25, -0.2) is 9.37 Å². The van der Waals surface area contributed by atoms with Crippen LogP contribution in [0.4, 0.5) is 4.39 Å². The SMILES string of the molecule is O=C(c1ccc(F)cc1)N1CCC(c2nc(C(=O)N3CCCC4CCCC=C43)cs2)CC1. The molecule has 3 heterocycles. The lowest BCUT2D eigenvalue weighted by Gasteiger charge is -2.37. The van der Waals surface area contributed by atoms with Gasteiger partial charge in [-0.2, -0.15) is 0 Å². The van der Waals surface area contributed by atoms with Crippen LogP contribution in [-0.2, 0) is 0 Å². The first kappa shape index (κ1) is 21.3. The fraction of sp³-hybridized carbons (Fsp3) is 0.480. The number of rotatable bonds is 3. The molecule has 1 unspecified atom stereocenters. The number of benzene rings is 1. The van der Waals surface area contributed by atoms with E-state index in [-0.39, 0.29) is 23.5 Å². The van der Waals surface area contributed by atoms with Crippen LogP contribution in [0, 0.1) is 11.7 Å². The average molecular weight is 454 g/mol. The molecule has 168 valence electrons. The van der Waals surface area contributed by atoms with E-state index in [1.165, 1.54) is 49.2 Å². The van der Waals surface area contributed by atoms with Gasteiger partial charge in [-0.15, -0.1) is 11.3 Å². The Hall–Kier alpha value is -2.54. The highest BCUT2D eigenvalue weighted by Gasteiger charge is 2.33. The maximum Gasteiger partial charge on any atom is 0.277 e. The summed E-state index contributed by atoms with van der Waals surface area (Å²) in [5.41, 5.74) is 2.29. The zero-order valence-electron chi connectivity index (χ0n) is 18.1. The molecule has 2 fully saturated rings. The van der Waals surface area contributed by atoms with Crippen LogP contribution in [-0.4, -0.2) is 46.2 Å². The van der Waals surface area contributed by atoms with E-state index in [2.05, 4.69) is 6.08 Å². The predicted octanol–water partition coefficient (Wildman–Crippen LogP) is 5.22. The van der Waals surface area contributed by atoms with Gasteiger partial charge in [0.2, 0.25) is 0 Å². The lowest BCUT2D eigenvalue weighted by molar-refractivity contribution is 0.0712. The molecule has 2 aromatic rings. The number of fused-ring (bicyclic) bond motifs is 1. The van der Waals surface area contributed by atoms with Gasteiger partial charge in [0.25, 0.3) is 11.8 Å². The molecule has 0 saturated carbocycles. The summed E-state index contributed by atoms with van der Waals surface area (Å²) in [7, 11) is 0. The number of hydrogen-bond donors (Lipinski definition) is 0. The first-order chi connectivity index (χ1) is 15.6. The summed E-state index contributed by atoms with van der Waals surface area (Å²) in [6.45, 7) is 2.08. The van der Waals surface area contributed by atoms with Crippen molar-refractivity contribution in [3.05, 3.63) is 63.5 Å². The number of carbonyl (C=O) groups excluding carboxylic acids is 2. The minimum Gasteiger partial charge on any atom is -0.339 e. The minimum atomic E-state index is -0.339. The number of piperidine rings is 2. The van der Waals surface area contributed by atoms with Gasteiger partial charge in [-0.3, -0.25) is 9.59 Å². The fourth-order valence-corrected chi connectivity index (χ4v) is 6.18. The zero-order chi connectivity index (χ0) is 22.1. The molecule has 0 bridgehead atoms. The molecule has 1 aromatic carbocycles. The second-order valence-electron chi connectivity index (χ2n) is 9.00. The van der Waals surface area contributed by atoms with Crippen LogP contribution in [0.3, 0.4) is 0 Å². The molecule has 1 atom stereocenters. The molecule has 3 aliphatic rings. The Labute approximate surface area is 191 Å². The maximum absolute atomic E-state index is 13.2. The van der Waals surface area contributed by atoms with E-state index < -0.39 is 0 Å². The molecule has 7 heteroatoms. The molecule has 2 amide bonds. The largest absolute Gasteiger partial charge is 0.339 e. The van der Waals surface area contributed by atoms with E-state index in [9.17, 15) is 14.0 Å². The summed E-state index contributed by atoms with van der Waals surface area (Å²) < 4.78 is 13.1. The third-order valence-corrected chi connectivity index (χ3v) is 7.99. The maximum atomic E-state index is 13.2. The third-order valence-electron chi connectivity index (χ3n) is 6.98. The van der Waals surface area contributed by atoms with Gasteiger partial charge in [-0.05, 0) is 75.1 Å². The van der Waals surface area contributed by atoms with Crippen LogP contribution in [0.2, 0.25) is 0 Å². The number of allylic oxidation sites excluding steroid dienone is 2. The Morgan fingerprint density at radius 3 is 2.47 bits per heavy atom. The molecule has 0 N–H and O–H groups in total. The van der Waals surface area contributed by atoms with Crippen molar-refractivity contribution in [2.45, 2.75) is 50.9 Å². The van der Waals surface area contributed by atoms with Gasteiger partial charge in [0.05, 0.1) is 5.01 Å². The minimum absolute atomic E-state index is 0.0364. The van der Waals surface area contributed by atoms with Crippen LogP contribution in [0.15, 0.2) is 41.4 Å². The van der Waals surface area contributed by atoms with Crippen LogP contribution >= 0.6 is 11.3 Å². The molecule has 1 aliphatic carbocycles. The van der Waals surface area contributed by atoms with Crippen LogP contribution < -0.4 is 0 Å². The fourth-order valence-electron chi connectivity index (χ4n) is 5.21. The monoisotopic (exact) mass is 453 g/mol. The van der Waals surface area contributed by atoms with Crippen molar-refractivity contribution in [1.29, 1.82) is 0 Å². The van der Waals surface area contributed by atoms with Gasteiger partial charge >= 0.3 is 0 Å². The Bertz CT molecular complexity index is 1020. The number of nitrogens with zero attached hydrogens (tertiary/aromatic N) is 3. The molecule has 5 nitrogen and oxygen atoms in total. The summed E-state index contributed by atoms with van der Waals surface area (Å²) in [5.74, 6) is 0.437. The lowest BCUT2D eigenvalue weighted by Crippen LogP contribution is -2.39. The van der Waals surface area contributed by atoms with Crippen molar-refractivity contribution in [2.75, 3.05) is 19.6 Å². The number of amides is 2. The van der Waals surface area contributed by atoms with E-state index in [1.807, 2.05) is 15.2 Å². The molecular formula is C25H28FN3O2S. The Morgan fingerprint density at radius 1 is 0.938 bits per heavy atom. The summed E-state index contributed by atoms with van der Waals surface area (Å²) in [4.78, 5) is 34.4. The normalized spacial score (nSPS) is 21.8. The van der Waals surface area contributed by atoms with Gasteiger partial charge in [0.15, 0.2) is 0 Å². The average Bonchev–Trinajstić information content (AvgIpc) is 3.34. The van der Waals surface area contributed by atoms with Crippen LogP contribution in [0.5, 0.6) is 0 Å². The highest BCUT2D eigenvalue weighted by atomic mass is 32.1. The van der Waals surface area contributed by atoms with Crippen molar-refractivity contribution < 1.29 is 14.0 Å². The predicted molar refractivity (Wildman–Crippen MR) is 122 cm³/mol. The Morgan fingerprint density at radius 2 is 1.69 bits per heavy atom. The molecule has 32 heavy (non-hydrogen) atoms. The van der Waals surface area contributed by atoms with Gasteiger partial charge in [-0.1, -0.05) is 6.08 Å². The second kappa shape index (κ2) is 9.14. The van der Waals surface area contributed by atoms with E-state index in [0.717, 1.165) is 37.2 Å². The van der Waals surface area contributed by atoms with Crippen LogP contribution in [0.25, 0.3) is 0 Å². The number of thiazole rings is 1. The van der Waals surface area contributed by atoms with E-state index in [4.69, 9.17) is 4.98 Å². The first-order valence-electron chi connectivity index (χ1n) is 11.6. The Kier molecular flexibility index (Phi) is 6.09. The van der Waals surface area contributed by atoms with Gasteiger partial charge in [0, 0.05) is 42.2 Å². The van der Waals surface area contributed by atoms with Gasteiger partial charge < -0.3 is 9.80 Å². The van der Waals surface area contributed by atoms with E-state index >= 15 is 0 Å². The highest BCUT2D eigenvalue weighted by molar-refractivity contribution is 7.09. The van der Waals surface area contributed by atoms with Crippen molar-refractivity contribution >= 4 is 23.2 Å². The summed E-state index contributed by atoms with van der Waals surface area (Å²) >= 11 is 1.56. The zero-order valence-corrected chi connectivity index (χ0v) is 19.0. The number of hydrogen-bond acceptors (Lipinski definition) is 4. The molecule has 2 saturated heterocycles. The first-order valence-corrected chi connectivity index (χ1v) is 12.5. The Balaban J connectivity index is 1.22. The summed E-state index contributed by atoms with van der Waals surface area (Å²) in [6, 6.07) is 5.72. The highest BCUT2D eigenvalue weighted by Crippen LogP contribution is 2.36. The molecule has 2 aliphatic heterocycles. The van der Waals surface area contributed by atoms with E-state index in [1.54, 1.807) is 11.3 Å². The lowest BCUT2D eigenvalue weighted by atomic mass is 9.85. The van der Waals surface area contributed by atoms with Crippen LogP contribution in [0.1, 0.15) is 76.7 Å². The molecule has 0 spiro atoms. The topological polar surface area (TPSA) is 53.5 Å². The number of likely N-dealkylation sites (tertiary alicyclic amines) is 2. The molecule has 1 aromatic heterocycles. The summed E-state index contributed by atoms with van der Waals surface area (Å²) in [5, 5.41) is 2.90. The molecule has 5 rings (SSSR count). The van der Waals surface area contributed by atoms with Crippen molar-refractivity contribution in [1.82, 2.24) is 14.8 Å². The standard InChI is InChI=1S/C25H28FN3O2S/c26-20-9-7-19(8-10-20)24(30)28-14-11-18(12-15-28)23-27-21(16-32-23)25(31)29-13-3-5-17-4-1-2-6-22(17)29/h6-10,16-18H,1-5,11-15H2. The molecule has 0 radical (unpaired) electrons. The number of halogens is 1. The second-order valence-corrected chi connectivity index (χ2v) is 9.89. The number of carbonyl (C=O) groups is 2. The van der Waals surface area contributed by atoms with Crippen molar-refractivity contribution in [3.8, 4) is 0 Å². The summed E-state index contributed by atoms with van der Waals surface area (Å²) in [6.07, 6.45) is 9.63. The van der Waals surface area contributed by atoms with Gasteiger partial charge in [0.1, 0.15) is 11.5 Å². The number of aromatic nitrogens is 1. The van der Waals surface area contributed by atoms with E-state index in [0.29, 0.717) is 30.3 Å². The van der Waals surface area contributed by atoms with Crippen molar-refractivity contribution in [2.24, 2.45) is 5.92 Å². The smallest absolute Gasteiger partial charge is 0.277 e. The van der Waals surface area contributed by atoms with Crippen molar-refractivity contribution in [3.63, 3.8) is 0 Å². The third kappa shape index (κ3) is 4.22.